The topological polar surface area (TPSA) is 26.2 Å². The van der Waals surface area contributed by atoms with Crippen LogP contribution in [-0.2, 0) is 11.3 Å². The zero-order chi connectivity index (χ0) is 19.5. The lowest BCUT2D eigenvalue weighted by Gasteiger charge is -2.37. The van der Waals surface area contributed by atoms with Crippen molar-refractivity contribution < 1.29 is 4.74 Å². The first-order valence-electron chi connectivity index (χ1n) is 10.4. The van der Waals surface area contributed by atoms with Gasteiger partial charge in [0, 0.05) is 57.1 Å². The Bertz CT molecular complexity index is 1230. The lowest BCUT2D eigenvalue weighted by Crippen LogP contribution is -2.29. The van der Waals surface area contributed by atoms with Crippen LogP contribution in [0.1, 0.15) is 36.6 Å². The van der Waals surface area contributed by atoms with Crippen molar-refractivity contribution in [2.24, 2.45) is 5.92 Å². The van der Waals surface area contributed by atoms with E-state index in [9.17, 15) is 0 Å². The van der Waals surface area contributed by atoms with Crippen molar-refractivity contribution >= 4 is 39.1 Å². The van der Waals surface area contributed by atoms with E-state index in [-0.39, 0.29) is 12.1 Å². The molecule has 0 saturated carbocycles. The van der Waals surface area contributed by atoms with Crippen molar-refractivity contribution in [2.75, 3.05) is 11.9 Å². The van der Waals surface area contributed by atoms with Crippen molar-refractivity contribution in [1.82, 2.24) is 4.57 Å². The van der Waals surface area contributed by atoms with Gasteiger partial charge in [-0.2, -0.15) is 0 Å². The van der Waals surface area contributed by atoms with Crippen LogP contribution in [-0.4, -0.2) is 11.2 Å². The Kier molecular flexibility index (Phi) is 3.90. The van der Waals surface area contributed by atoms with Crippen LogP contribution in [0.3, 0.4) is 0 Å². The molecule has 4 heteroatoms. The second-order valence-electron chi connectivity index (χ2n) is 8.10. The van der Waals surface area contributed by atoms with Crippen LogP contribution in [0.2, 0.25) is 5.02 Å². The van der Waals surface area contributed by atoms with Crippen molar-refractivity contribution in [3.8, 4) is 0 Å². The maximum absolute atomic E-state index is 6.38. The van der Waals surface area contributed by atoms with Gasteiger partial charge in [-0.3, -0.25) is 0 Å². The van der Waals surface area contributed by atoms with Gasteiger partial charge in [0.1, 0.15) is 0 Å². The second-order valence-corrected chi connectivity index (χ2v) is 8.54. The molecule has 0 spiro atoms. The molecule has 1 N–H and O–H groups in total. The molecular weight excluding hydrogens is 380 g/mol. The average molecular weight is 403 g/mol. The fourth-order valence-corrected chi connectivity index (χ4v) is 5.57. The number of nitrogens with zero attached hydrogens (tertiary/aromatic N) is 1. The summed E-state index contributed by atoms with van der Waals surface area (Å²) in [6.45, 7) is 3.98. The molecule has 1 aromatic heterocycles. The Morgan fingerprint density at radius 2 is 1.86 bits per heavy atom. The van der Waals surface area contributed by atoms with Crippen LogP contribution in [0.15, 0.2) is 60.7 Å². The fraction of sp³-hybridized carbons (Fsp3) is 0.280. The van der Waals surface area contributed by atoms with Crippen LogP contribution in [0.4, 0.5) is 5.69 Å². The Balaban J connectivity index is 1.60. The van der Waals surface area contributed by atoms with Gasteiger partial charge in [-0.25, -0.2) is 0 Å². The molecule has 3 heterocycles. The summed E-state index contributed by atoms with van der Waals surface area (Å²) in [5.74, 6) is 0.415. The number of aromatic nitrogens is 1. The van der Waals surface area contributed by atoms with Crippen molar-refractivity contribution in [1.29, 1.82) is 0 Å². The highest BCUT2D eigenvalue weighted by Gasteiger charge is 2.42. The number of halogens is 1. The molecule has 2 aliphatic rings. The number of ether oxygens (including phenoxy) is 1. The first-order chi connectivity index (χ1) is 14.3. The molecule has 1 fully saturated rings. The van der Waals surface area contributed by atoms with E-state index in [0.29, 0.717) is 5.92 Å². The molecule has 6 rings (SSSR count). The highest BCUT2D eigenvalue weighted by Crippen LogP contribution is 2.53. The molecule has 29 heavy (non-hydrogen) atoms. The zero-order valence-electron chi connectivity index (χ0n) is 16.4. The monoisotopic (exact) mass is 402 g/mol. The van der Waals surface area contributed by atoms with E-state index < -0.39 is 0 Å². The van der Waals surface area contributed by atoms with Crippen LogP contribution in [0.5, 0.6) is 0 Å². The van der Waals surface area contributed by atoms with E-state index in [1.54, 1.807) is 0 Å². The number of hydrogen-bond acceptors (Lipinski definition) is 2. The molecule has 2 aliphatic heterocycles. The molecule has 146 valence electrons. The van der Waals surface area contributed by atoms with E-state index in [1.807, 2.05) is 12.1 Å². The summed E-state index contributed by atoms with van der Waals surface area (Å²) in [7, 11) is 0. The van der Waals surface area contributed by atoms with Crippen molar-refractivity contribution in [3.05, 3.63) is 76.8 Å². The minimum Gasteiger partial charge on any atom is -0.378 e. The summed E-state index contributed by atoms with van der Waals surface area (Å²) in [5, 5.41) is 7.30. The number of rotatable bonds is 2. The summed E-state index contributed by atoms with van der Waals surface area (Å²) in [6, 6.07) is 21.7. The quantitative estimate of drug-likeness (QED) is 0.403. The fourth-order valence-electron chi connectivity index (χ4n) is 5.45. The largest absolute Gasteiger partial charge is 0.378 e. The molecule has 0 radical (unpaired) electrons. The number of para-hydroxylation sites is 1. The van der Waals surface area contributed by atoms with Crippen LogP contribution >= 0.6 is 11.6 Å². The maximum atomic E-state index is 6.38. The van der Waals surface area contributed by atoms with E-state index in [2.05, 4.69) is 65.3 Å². The number of aryl methyl sites for hydroxylation is 1. The first kappa shape index (κ1) is 17.4. The van der Waals surface area contributed by atoms with E-state index in [4.69, 9.17) is 16.3 Å². The van der Waals surface area contributed by atoms with Gasteiger partial charge in [0.25, 0.3) is 0 Å². The number of fused-ring (bicyclic) bond motifs is 7. The zero-order valence-corrected chi connectivity index (χ0v) is 17.1. The number of hydrogen-bond donors (Lipinski definition) is 1. The van der Waals surface area contributed by atoms with Gasteiger partial charge in [-0.05, 0) is 49.2 Å². The highest BCUT2D eigenvalue weighted by molar-refractivity contribution is 6.30. The Labute approximate surface area is 175 Å². The smallest absolute Gasteiger partial charge is 0.0903 e. The molecule has 0 bridgehead atoms. The van der Waals surface area contributed by atoms with Gasteiger partial charge < -0.3 is 14.6 Å². The number of nitrogens with one attached hydrogen (secondary N) is 1. The summed E-state index contributed by atoms with van der Waals surface area (Å²) >= 11 is 6.13. The minimum atomic E-state index is 0.117. The molecule has 1 saturated heterocycles. The van der Waals surface area contributed by atoms with Gasteiger partial charge in [-0.15, -0.1) is 0 Å². The predicted molar refractivity (Wildman–Crippen MR) is 120 cm³/mol. The molecule has 3 aromatic carbocycles. The average Bonchev–Trinajstić information content (AvgIpc) is 3.36. The van der Waals surface area contributed by atoms with Gasteiger partial charge in [-0.1, -0.05) is 41.9 Å². The number of benzene rings is 3. The third-order valence-corrected chi connectivity index (χ3v) is 6.94. The van der Waals surface area contributed by atoms with Crippen LogP contribution < -0.4 is 5.32 Å². The molecular formula is C25H23ClN2O. The third-order valence-electron chi connectivity index (χ3n) is 6.68. The Morgan fingerprint density at radius 1 is 1.03 bits per heavy atom. The van der Waals surface area contributed by atoms with Crippen molar-refractivity contribution in [3.63, 3.8) is 0 Å². The second kappa shape index (κ2) is 6.51. The molecule has 3 nitrogen and oxygen atoms in total. The van der Waals surface area contributed by atoms with E-state index in [1.165, 1.54) is 38.6 Å². The molecule has 0 unspecified atom stereocenters. The molecule has 0 amide bonds. The predicted octanol–water partition coefficient (Wildman–Crippen LogP) is 6.71. The first-order valence-corrected chi connectivity index (χ1v) is 10.8. The summed E-state index contributed by atoms with van der Waals surface area (Å²) in [6.07, 6.45) is 1.18. The lowest BCUT2D eigenvalue weighted by atomic mass is 9.80. The Hall–Kier alpha value is -2.49. The summed E-state index contributed by atoms with van der Waals surface area (Å²) in [4.78, 5) is 0. The van der Waals surface area contributed by atoms with Crippen LogP contribution in [0, 0.1) is 5.92 Å². The molecule has 3 atom stereocenters. The van der Waals surface area contributed by atoms with Crippen LogP contribution in [0.25, 0.3) is 21.8 Å². The van der Waals surface area contributed by atoms with Gasteiger partial charge in [0.15, 0.2) is 0 Å². The van der Waals surface area contributed by atoms with Gasteiger partial charge in [0.2, 0.25) is 0 Å². The highest BCUT2D eigenvalue weighted by atomic mass is 35.5. The standard InChI is InChI=1S/C25H23ClN2O/c1-2-28-20-6-4-3-5-17(20)22-21(28)12-11-19-23(22)25-18(13-14-29-25)24(27-19)15-7-9-16(26)10-8-15/h3-12,18,24-25,27H,2,13-14H2,1H3/t18-,24-,25-/m0/s1. The summed E-state index contributed by atoms with van der Waals surface area (Å²) < 4.78 is 8.80. The van der Waals surface area contributed by atoms with Gasteiger partial charge in [0.05, 0.1) is 12.1 Å². The SMILES string of the molecule is CCn1c2ccccc2c2c3c(ccc21)N[C@@H](c1ccc(Cl)cc1)[C@@H]1CCO[C@H]31. The lowest BCUT2D eigenvalue weighted by molar-refractivity contribution is 0.0842. The van der Waals surface area contributed by atoms with Gasteiger partial charge >= 0.3 is 0 Å². The molecule has 0 aliphatic carbocycles. The maximum Gasteiger partial charge on any atom is 0.0903 e. The minimum absolute atomic E-state index is 0.117. The van der Waals surface area contributed by atoms with E-state index >= 15 is 0 Å². The normalized spacial score (nSPS) is 23.2. The number of anilines is 1. The molecule has 4 aromatic rings. The summed E-state index contributed by atoms with van der Waals surface area (Å²) in [5.41, 5.74) is 6.40. The Morgan fingerprint density at radius 3 is 2.69 bits per heavy atom. The van der Waals surface area contributed by atoms with Crippen molar-refractivity contribution in [2.45, 2.75) is 32.0 Å². The third kappa shape index (κ3) is 2.47. The van der Waals surface area contributed by atoms with E-state index in [0.717, 1.165) is 24.6 Å².